The highest BCUT2D eigenvalue weighted by Crippen LogP contribution is 2.34. The third-order valence-corrected chi connectivity index (χ3v) is 6.00. The highest BCUT2D eigenvalue weighted by Gasteiger charge is 2.33. The number of carbonyl (C=O) groups is 3. The molecule has 1 heterocycles. The molecule has 1 aromatic heterocycles. The Balaban J connectivity index is 1.59. The molecule has 3 rings (SSSR count). The van der Waals surface area contributed by atoms with Crippen LogP contribution in [0, 0.1) is 5.92 Å². The number of thiophene rings is 1. The Morgan fingerprint density at radius 2 is 2.00 bits per heavy atom. The number of rotatable bonds is 5. The third-order valence-electron chi connectivity index (χ3n) is 4.33. The van der Waals surface area contributed by atoms with Gasteiger partial charge in [0.05, 0.1) is 17.5 Å². The molecule has 8 heteroatoms. The lowest BCUT2D eigenvalue weighted by atomic mass is 10.0. The predicted molar refractivity (Wildman–Crippen MR) is 96.1 cm³/mol. The summed E-state index contributed by atoms with van der Waals surface area (Å²) in [5, 5.41) is 15.5. The molecule has 0 saturated heterocycles. The van der Waals surface area contributed by atoms with E-state index < -0.39 is 23.7 Å². The molecule has 0 aliphatic heterocycles. The number of carboxylic acid groups (broad SMARTS) is 1. The Hall–Kier alpha value is -2.12. The van der Waals surface area contributed by atoms with Crippen LogP contribution in [0.5, 0.6) is 0 Å². The van der Waals surface area contributed by atoms with E-state index in [9.17, 15) is 14.4 Å². The Morgan fingerprint density at radius 1 is 1.24 bits per heavy atom. The Kier molecular flexibility index (Phi) is 5.24. The first-order chi connectivity index (χ1) is 12.0. The van der Waals surface area contributed by atoms with Crippen LogP contribution < -0.4 is 10.6 Å². The molecule has 6 nitrogen and oxygen atoms in total. The van der Waals surface area contributed by atoms with Gasteiger partial charge in [-0.1, -0.05) is 36.2 Å². The fraction of sp³-hybridized carbons (Fsp3) is 0.353. The summed E-state index contributed by atoms with van der Waals surface area (Å²) < 4.78 is 0.900. The van der Waals surface area contributed by atoms with E-state index in [2.05, 4.69) is 10.6 Å². The SMILES string of the molecule is O=C(CNC(=O)c1sc2ccccc2c1Cl)N[C@H]1CCC[C@H]1C(=O)O. The topological polar surface area (TPSA) is 95.5 Å². The molecule has 0 spiro atoms. The van der Waals surface area contributed by atoms with Crippen LogP contribution in [0.2, 0.25) is 5.02 Å². The summed E-state index contributed by atoms with van der Waals surface area (Å²) in [6.07, 6.45) is 1.97. The maximum atomic E-state index is 12.3. The summed E-state index contributed by atoms with van der Waals surface area (Å²) in [6, 6.07) is 7.04. The molecular formula is C17H17ClN2O4S. The van der Waals surface area contributed by atoms with Crippen LogP contribution >= 0.6 is 22.9 Å². The van der Waals surface area contributed by atoms with Crippen LogP contribution in [0.3, 0.4) is 0 Å². The average Bonchev–Trinajstić information content (AvgIpc) is 3.18. The van der Waals surface area contributed by atoms with E-state index in [-0.39, 0.29) is 12.6 Å². The smallest absolute Gasteiger partial charge is 0.308 e. The number of hydrogen-bond donors (Lipinski definition) is 3. The minimum atomic E-state index is -0.899. The number of nitrogens with one attached hydrogen (secondary N) is 2. The van der Waals surface area contributed by atoms with Gasteiger partial charge in [0.1, 0.15) is 4.88 Å². The van der Waals surface area contributed by atoms with Gasteiger partial charge in [-0.25, -0.2) is 0 Å². The van der Waals surface area contributed by atoms with Crippen molar-refractivity contribution >= 4 is 50.8 Å². The molecule has 2 atom stereocenters. The molecule has 0 radical (unpaired) electrons. The van der Waals surface area contributed by atoms with Crippen molar-refractivity contribution in [3.05, 3.63) is 34.2 Å². The molecule has 2 aromatic rings. The standard InChI is InChI=1S/C17H17ClN2O4S/c18-14-10-4-1-2-7-12(10)25-15(14)16(22)19-8-13(21)20-11-6-3-5-9(11)17(23)24/h1-2,4,7,9,11H,3,5-6,8H2,(H,19,22)(H,20,21)(H,23,24)/t9-,11+/m1/s1. The average molecular weight is 381 g/mol. The first-order valence-electron chi connectivity index (χ1n) is 7.94. The third kappa shape index (κ3) is 3.77. The summed E-state index contributed by atoms with van der Waals surface area (Å²) in [4.78, 5) is 35.8. The number of hydrogen-bond acceptors (Lipinski definition) is 4. The van der Waals surface area contributed by atoms with Gasteiger partial charge >= 0.3 is 5.97 Å². The predicted octanol–water partition coefficient (Wildman–Crippen LogP) is 2.65. The molecule has 1 fully saturated rings. The molecule has 0 unspecified atom stereocenters. The molecule has 1 aliphatic rings. The number of fused-ring (bicyclic) bond motifs is 1. The van der Waals surface area contributed by atoms with Crippen molar-refractivity contribution in [2.24, 2.45) is 5.92 Å². The van der Waals surface area contributed by atoms with Gasteiger partial charge in [0.15, 0.2) is 0 Å². The van der Waals surface area contributed by atoms with Crippen molar-refractivity contribution < 1.29 is 19.5 Å². The highest BCUT2D eigenvalue weighted by atomic mass is 35.5. The molecule has 25 heavy (non-hydrogen) atoms. The van der Waals surface area contributed by atoms with Crippen LogP contribution in [-0.4, -0.2) is 35.5 Å². The van der Waals surface area contributed by atoms with Gasteiger partial charge in [-0.15, -0.1) is 11.3 Å². The Morgan fingerprint density at radius 3 is 2.72 bits per heavy atom. The zero-order valence-electron chi connectivity index (χ0n) is 13.3. The van der Waals surface area contributed by atoms with Crippen molar-refractivity contribution in [2.75, 3.05) is 6.54 Å². The second kappa shape index (κ2) is 7.41. The lowest BCUT2D eigenvalue weighted by molar-refractivity contribution is -0.142. The van der Waals surface area contributed by atoms with Crippen LogP contribution in [0.15, 0.2) is 24.3 Å². The molecule has 1 aromatic carbocycles. The van der Waals surface area contributed by atoms with E-state index in [0.717, 1.165) is 16.5 Å². The van der Waals surface area contributed by atoms with Crippen molar-refractivity contribution in [2.45, 2.75) is 25.3 Å². The van der Waals surface area contributed by atoms with Crippen LogP contribution in [0.1, 0.15) is 28.9 Å². The van der Waals surface area contributed by atoms with Crippen LogP contribution in [-0.2, 0) is 9.59 Å². The molecule has 1 saturated carbocycles. The number of carbonyl (C=O) groups excluding carboxylic acids is 2. The van der Waals surface area contributed by atoms with Crippen LogP contribution in [0.25, 0.3) is 10.1 Å². The summed E-state index contributed by atoms with van der Waals surface area (Å²) in [5.41, 5.74) is 0. The fourth-order valence-corrected chi connectivity index (χ4v) is 4.52. The second-order valence-electron chi connectivity index (χ2n) is 5.97. The highest BCUT2D eigenvalue weighted by molar-refractivity contribution is 7.21. The summed E-state index contributed by atoms with van der Waals surface area (Å²) >= 11 is 7.51. The van der Waals surface area contributed by atoms with Gasteiger partial charge < -0.3 is 15.7 Å². The van der Waals surface area contributed by atoms with E-state index in [1.165, 1.54) is 11.3 Å². The fourth-order valence-electron chi connectivity index (χ4n) is 3.09. The van der Waals surface area contributed by atoms with Crippen molar-refractivity contribution in [3.8, 4) is 0 Å². The van der Waals surface area contributed by atoms with Gasteiger partial charge in [0.25, 0.3) is 5.91 Å². The molecule has 3 N–H and O–H groups in total. The van der Waals surface area contributed by atoms with E-state index in [1.807, 2.05) is 24.3 Å². The lowest BCUT2D eigenvalue weighted by Crippen LogP contribution is -2.44. The van der Waals surface area contributed by atoms with Crippen LogP contribution in [0.4, 0.5) is 0 Å². The van der Waals surface area contributed by atoms with Gasteiger partial charge in [0.2, 0.25) is 5.91 Å². The zero-order valence-corrected chi connectivity index (χ0v) is 14.8. The number of benzene rings is 1. The Labute approximate surface area is 153 Å². The normalized spacial score (nSPS) is 19.7. The molecule has 2 amide bonds. The summed E-state index contributed by atoms with van der Waals surface area (Å²) in [6.45, 7) is -0.216. The van der Waals surface area contributed by atoms with Crippen molar-refractivity contribution in [1.82, 2.24) is 10.6 Å². The minimum Gasteiger partial charge on any atom is -0.481 e. The van der Waals surface area contributed by atoms with Gasteiger partial charge in [-0.2, -0.15) is 0 Å². The first-order valence-corrected chi connectivity index (χ1v) is 9.14. The quantitative estimate of drug-likeness (QED) is 0.743. The van der Waals surface area contributed by atoms with Gasteiger partial charge in [-0.05, 0) is 18.9 Å². The van der Waals surface area contributed by atoms with Crippen molar-refractivity contribution in [3.63, 3.8) is 0 Å². The van der Waals surface area contributed by atoms with E-state index in [4.69, 9.17) is 16.7 Å². The number of amides is 2. The molecule has 0 bridgehead atoms. The lowest BCUT2D eigenvalue weighted by Gasteiger charge is -2.17. The molecular weight excluding hydrogens is 364 g/mol. The summed E-state index contributed by atoms with van der Waals surface area (Å²) in [7, 11) is 0. The second-order valence-corrected chi connectivity index (χ2v) is 7.40. The van der Waals surface area contributed by atoms with Crippen molar-refractivity contribution in [1.29, 1.82) is 0 Å². The number of halogens is 1. The Bertz CT molecular complexity index is 835. The monoisotopic (exact) mass is 380 g/mol. The summed E-state index contributed by atoms with van der Waals surface area (Å²) in [5.74, 6) is -2.27. The molecule has 1 aliphatic carbocycles. The number of carboxylic acids is 1. The van der Waals surface area contributed by atoms with E-state index in [0.29, 0.717) is 22.7 Å². The van der Waals surface area contributed by atoms with E-state index in [1.54, 1.807) is 0 Å². The largest absolute Gasteiger partial charge is 0.481 e. The van der Waals surface area contributed by atoms with Gasteiger partial charge in [0, 0.05) is 16.1 Å². The van der Waals surface area contributed by atoms with E-state index >= 15 is 0 Å². The first kappa shape index (κ1) is 17.7. The zero-order chi connectivity index (χ0) is 18.0. The minimum absolute atomic E-state index is 0.216. The maximum absolute atomic E-state index is 12.3. The number of aliphatic carboxylic acids is 1. The molecule has 132 valence electrons. The maximum Gasteiger partial charge on any atom is 0.308 e. The van der Waals surface area contributed by atoms with Gasteiger partial charge in [-0.3, -0.25) is 14.4 Å².